The van der Waals surface area contributed by atoms with Crippen LogP contribution >= 0.6 is 11.6 Å². The third-order valence-electron chi connectivity index (χ3n) is 2.42. The number of ether oxygens (including phenoxy) is 2. The number of hydrogen-bond acceptors (Lipinski definition) is 5. The van der Waals surface area contributed by atoms with Crippen LogP contribution in [0.4, 0.5) is 0 Å². The van der Waals surface area contributed by atoms with E-state index in [2.05, 4.69) is 9.97 Å². The van der Waals surface area contributed by atoms with Gasteiger partial charge in [0.05, 0.1) is 18.3 Å². The second-order valence-corrected chi connectivity index (χ2v) is 4.16. The molecule has 1 aromatic heterocycles. The van der Waals surface area contributed by atoms with Crippen molar-refractivity contribution in [2.75, 3.05) is 7.11 Å². The first-order chi connectivity index (χ1) is 9.60. The molecule has 0 amide bonds. The zero-order chi connectivity index (χ0) is 14.5. The summed E-state index contributed by atoms with van der Waals surface area (Å²) in [5.41, 5.74) is -0.241. The fraction of sp³-hybridized carbons (Fsp3) is 0.154. The first kappa shape index (κ1) is 14.1. The maximum absolute atomic E-state index is 10.9. The van der Waals surface area contributed by atoms with E-state index < -0.39 is 5.97 Å². The highest BCUT2D eigenvalue weighted by molar-refractivity contribution is 6.33. The normalized spacial score (nSPS) is 10.1. The van der Waals surface area contributed by atoms with Crippen molar-refractivity contribution < 1.29 is 19.4 Å². The van der Waals surface area contributed by atoms with Crippen LogP contribution in [0.5, 0.6) is 11.5 Å². The van der Waals surface area contributed by atoms with Gasteiger partial charge in [-0.15, -0.1) is 0 Å². The Kier molecular flexibility index (Phi) is 4.37. The lowest BCUT2D eigenvalue weighted by Crippen LogP contribution is -2.08. The average Bonchev–Trinajstić information content (AvgIpc) is 2.46. The molecule has 0 bridgehead atoms. The van der Waals surface area contributed by atoms with E-state index in [4.69, 9.17) is 26.2 Å². The highest BCUT2D eigenvalue weighted by Crippen LogP contribution is 2.18. The Balaban J connectivity index is 2.06. The van der Waals surface area contributed by atoms with Crippen LogP contribution < -0.4 is 9.47 Å². The highest BCUT2D eigenvalue weighted by atomic mass is 35.5. The van der Waals surface area contributed by atoms with Gasteiger partial charge >= 0.3 is 5.97 Å². The van der Waals surface area contributed by atoms with Gasteiger partial charge in [-0.3, -0.25) is 0 Å². The zero-order valence-corrected chi connectivity index (χ0v) is 11.3. The van der Waals surface area contributed by atoms with Crippen molar-refractivity contribution in [2.24, 2.45) is 0 Å². The molecule has 0 saturated heterocycles. The van der Waals surface area contributed by atoms with Crippen LogP contribution in [0.3, 0.4) is 0 Å². The maximum Gasteiger partial charge on any atom is 0.356 e. The Hall–Kier alpha value is -2.34. The topological polar surface area (TPSA) is 81.5 Å². The smallest absolute Gasteiger partial charge is 0.356 e. The number of halogens is 1. The van der Waals surface area contributed by atoms with Crippen LogP contribution in [0, 0.1) is 0 Å². The quantitative estimate of drug-likeness (QED) is 0.912. The van der Waals surface area contributed by atoms with E-state index in [0.29, 0.717) is 11.5 Å². The molecule has 104 valence electrons. The van der Waals surface area contributed by atoms with Crippen molar-refractivity contribution in [2.45, 2.75) is 6.61 Å². The van der Waals surface area contributed by atoms with Crippen molar-refractivity contribution >= 4 is 17.6 Å². The molecule has 1 aromatic carbocycles. The zero-order valence-electron chi connectivity index (χ0n) is 10.5. The summed E-state index contributed by atoms with van der Waals surface area (Å²) in [7, 11) is 1.57. The number of aromatic carboxylic acids is 1. The maximum atomic E-state index is 10.9. The predicted octanol–water partition coefficient (Wildman–Crippen LogP) is 2.42. The Morgan fingerprint density at radius 2 is 1.95 bits per heavy atom. The molecule has 2 aromatic rings. The van der Waals surface area contributed by atoms with Gasteiger partial charge in [-0.1, -0.05) is 11.6 Å². The molecule has 1 heterocycles. The third-order valence-corrected chi connectivity index (χ3v) is 2.70. The van der Waals surface area contributed by atoms with E-state index in [1.807, 2.05) is 0 Å². The van der Waals surface area contributed by atoms with Gasteiger partial charge in [-0.2, -0.15) is 0 Å². The van der Waals surface area contributed by atoms with E-state index in [1.54, 1.807) is 31.4 Å². The van der Waals surface area contributed by atoms with Crippen LogP contribution in [0.1, 0.15) is 16.3 Å². The largest absolute Gasteiger partial charge is 0.497 e. The molecule has 0 spiro atoms. The fourth-order valence-corrected chi connectivity index (χ4v) is 1.61. The summed E-state index contributed by atoms with van der Waals surface area (Å²) in [6.45, 7) is 0.0454. The SMILES string of the molecule is COc1ccc(OCc2ncc(Cl)c(C(=O)O)n2)cc1. The molecule has 0 radical (unpaired) electrons. The van der Waals surface area contributed by atoms with E-state index in [0.717, 1.165) is 0 Å². The van der Waals surface area contributed by atoms with E-state index in [1.165, 1.54) is 6.20 Å². The number of benzene rings is 1. The van der Waals surface area contributed by atoms with Crippen LogP contribution in [0.25, 0.3) is 0 Å². The first-order valence-corrected chi connectivity index (χ1v) is 5.99. The number of carboxylic acids is 1. The van der Waals surface area contributed by atoms with E-state index in [9.17, 15) is 4.79 Å². The molecule has 0 atom stereocenters. The van der Waals surface area contributed by atoms with Crippen LogP contribution in [-0.2, 0) is 6.61 Å². The summed E-state index contributed by atoms with van der Waals surface area (Å²) in [6, 6.07) is 6.96. The second kappa shape index (κ2) is 6.21. The minimum atomic E-state index is -1.21. The Labute approximate surface area is 120 Å². The predicted molar refractivity (Wildman–Crippen MR) is 71.3 cm³/mol. The molecule has 0 aliphatic carbocycles. The molecule has 0 fully saturated rings. The standard InChI is InChI=1S/C13H11ClN2O4/c1-19-8-2-4-9(5-3-8)20-7-11-15-6-10(14)12(16-11)13(17)18/h2-6H,7H2,1H3,(H,17,18). The monoisotopic (exact) mass is 294 g/mol. The number of methoxy groups -OCH3 is 1. The molecule has 20 heavy (non-hydrogen) atoms. The third kappa shape index (κ3) is 3.36. The molecule has 7 heteroatoms. The summed E-state index contributed by atoms with van der Waals surface area (Å²) in [6.07, 6.45) is 1.24. The molecule has 0 saturated carbocycles. The molecule has 0 aliphatic heterocycles. The molecular formula is C13H11ClN2O4. The van der Waals surface area contributed by atoms with Crippen molar-refractivity contribution in [3.8, 4) is 11.5 Å². The Bertz CT molecular complexity index is 616. The molecule has 6 nitrogen and oxygen atoms in total. The lowest BCUT2D eigenvalue weighted by atomic mass is 10.3. The highest BCUT2D eigenvalue weighted by Gasteiger charge is 2.12. The molecule has 0 unspecified atom stereocenters. The van der Waals surface area contributed by atoms with Crippen LogP contribution in [-0.4, -0.2) is 28.2 Å². The second-order valence-electron chi connectivity index (χ2n) is 3.75. The fourth-order valence-electron chi connectivity index (χ4n) is 1.44. The molecule has 1 N–H and O–H groups in total. The summed E-state index contributed by atoms with van der Waals surface area (Å²) < 4.78 is 10.5. The van der Waals surface area contributed by atoms with Crippen LogP contribution in [0.15, 0.2) is 30.5 Å². The van der Waals surface area contributed by atoms with Crippen molar-refractivity contribution in [3.05, 3.63) is 47.0 Å². The number of nitrogens with zero attached hydrogens (tertiary/aromatic N) is 2. The number of carboxylic acid groups (broad SMARTS) is 1. The van der Waals surface area contributed by atoms with Gasteiger partial charge in [-0.25, -0.2) is 14.8 Å². The number of rotatable bonds is 5. The number of hydrogen-bond donors (Lipinski definition) is 1. The Morgan fingerprint density at radius 1 is 1.30 bits per heavy atom. The summed E-state index contributed by atoms with van der Waals surface area (Å²) in [5, 5.41) is 8.89. The van der Waals surface area contributed by atoms with Gasteiger partial charge in [0.25, 0.3) is 0 Å². The van der Waals surface area contributed by atoms with E-state index >= 15 is 0 Å². The van der Waals surface area contributed by atoms with Crippen molar-refractivity contribution in [1.82, 2.24) is 9.97 Å². The van der Waals surface area contributed by atoms with Gasteiger partial charge in [0.15, 0.2) is 11.5 Å². The number of aromatic nitrogens is 2. The van der Waals surface area contributed by atoms with Gasteiger partial charge in [0.1, 0.15) is 18.1 Å². The minimum absolute atomic E-state index is 0.00861. The van der Waals surface area contributed by atoms with Gasteiger partial charge in [0.2, 0.25) is 0 Å². The van der Waals surface area contributed by atoms with Crippen LogP contribution in [0.2, 0.25) is 5.02 Å². The summed E-state index contributed by atoms with van der Waals surface area (Å²) in [5.74, 6) is 0.347. The van der Waals surface area contributed by atoms with Gasteiger partial charge < -0.3 is 14.6 Å². The lowest BCUT2D eigenvalue weighted by Gasteiger charge is -2.07. The van der Waals surface area contributed by atoms with Gasteiger partial charge in [-0.05, 0) is 24.3 Å². The molecular weight excluding hydrogens is 284 g/mol. The lowest BCUT2D eigenvalue weighted by molar-refractivity contribution is 0.0689. The Morgan fingerprint density at radius 3 is 2.55 bits per heavy atom. The summed E-state index contributed by atoms with van der Waals surface area (Å²) in [4.78, 5) is 18.6. The number of carbonyl (C=O) groups is 1. The first-order valence-electron chi connectivity index (χ1n) is 5.61. The summed E-state index contributed by atoms with van der Waals surface area (Å²) >= 11 is 5.68. The van der Waals surface area contributed by atoms with Crippen molar-refractivity contribution in [3.63, 3.8) is 0 Å². The van der Waals surface area contributed by atoms with Crippen molar-refractivity contribution in [1.29, 1.82) is 0 Å². The average molecular weight is 295 g/mol. The van der Waals surface area contributed by atoms with Gasteiger partial charge in [0, 0.05) is 0 Å². The van der Waals surface area contributed by atoms with E-state index in [-0.39, 0.29) is 23.1 Å². The minimum Gasteiger partial charge on any atom is -0.497 e. The molecule has 0 aliphatic rings. The molecule has 2 rings (SSSR count).